The highest BCUT2D eigenvalue weighted by molar-refractivity contribution is 9.10. The number of fused-ring (bicyclic) bond motifs is 1. The monoisotopic (exact) mass is 364 g/mol. The lowest BCUT2D eigenvalue weighted by atomic mass is 10.2. The van der Waals surface area contributed by atoms with Crippen molar-refractivity contribution in [3.05, 3.63) is 51.8 Å². The Hall–Kier alpha value is -1.92. The maximum Gasteiger partial charge on any atom is 0.276 e. The summed E-state index contributed by atoms with van der Waals surface area (Å²) in [7, 11) is 1.80. The van der Waals surface area contributed by atoms with E-state index in [1.807, 2.05) is 24.3 Å². The van der Waals surface area contributed by atoms with Crippen molar-refractivity contribution in [2.75, 3.05) is 5.32 Å². The van der Waals surface area contributed by atoms with Gasteiger partial charge in [0, 0.05) is 23.1 Å². The Labute approximate surface area is 134 Å². The number of anilines is 1. The molecular formula is C14H10BrClN4O. The number of amides is 1. The Morgan fingerprint density at radius 3 is 2.95 bits per heavy atom. The van der Waals surface area contributed by atoms with E-state index in [1.54, 1.807) is 24.0 Å². The molecule has 0 saturated carbocycles. The molecule has 21 heavy (non-hydrogen) atoms. The second kappa shape index (κ2) is 5.46. The molecule has 2 heterocycles. The summed E-state index contributed by atoms with van der Waals surface area (Å²) in [6, 6.07) is 9.23. The smallest absolute Gasteiger partial charge is 0.276 e. The maximum absolute atomic E-state index is 12.4. The molecule has 0 fully saturated rings. The number of nitrogens with one attached hydrogen (secondary N) is 1. The third-order valence-electron chi connectivity index (χ3n) is 3.03. The van der Waals surface area contributed by atoms with Crippen molar-refractivity contribution >= 4 is 50.0 Å². The first-order valence-electron chi connectivity index (χ1n) is 6.10. The van der Waals surface area contributed by atoms with Crippen LogP contribution in [0.2, 0.25) is 5.15 Å². The van der Waals surface area contributed by atoms with Crippen LogP contribution in [0.4, 0.5) is 5.69 Å². The van der Waals surface area contributed by atoms with Crippen molar-refractivity contribution in [3.63, 3.8) is 0 Å². The fourth-order valence-corrected chi connectivity index (χ4v) is 2.56. The second-order valence-electron chi connectivity index (χ2n) is 4.44. The van der Waals surface area contributed by atoms with E-state index in [4.69, 9.17) is 11.6 Å². The first kappa shape index (κ1) is 14.0. The molecule has 7 heteroatoms. The molecule has 5 nitrogen and oxygen atoms in total. The van der Waals surface area contributed by atoms with Gasteiger partial charge in [0.15, 0.2) is 10.8 Å². The zero-order valence-electron chi connectivity index (χ0n) is 11.0. The molecule has 0 bridgehead atoms. The Kier molecular flexibility index (Phi) is 3.65. The van der Waals surface area contributed by atoms with E-state index >= 15 is 0 Å². The van der Waals surface area contributed by atoms with Gasteiger partial charge in [0.2, 0.25) is 0 Å². The van der Waals surface area contributed by atoms with Gasteiger partial charge < -0.3 is 5.32 Å². The molecule has 2 aromatic heterocycles. The third kappa shape index (κ3) is 2.64. The van der Waals surface area contributed by atoms with Crippen LogP contribution >= 0.6 is 27.5 Å². The van der Waals surface area contributed by atoms with Gasteiger partial charge in [0.1, 0.15) is 0 Å². The van der Waals surface area contributed by atoms with Gasteiger partial charge >= 0.3 is 0 Å². The lowest BCUT2D eigenvalue weighted by Crippen LogP contribution is -2.14. The summed E-state index contributed by atoms with van der Waals surface area (Å²) >= 11 is 9.27. The van der Waals surface area contributed by atoms with Crippen LogP contribution in [-0.4, -0.2) is 20.7 Å². The zero-order chi connectivity index (χ0) is 15.0. The molecule has 0 unspecified atom stereocenters. The van der Waals surface area contributed by atoms with Crippen LogP contribution in [0.5, 0.6) is 0 Å². The van der Waals surface area contributed by atoms with Crippen molar-refractivity contribution in [3.8, 4) is 0 Å². The van der Waals surface area contributed by atoms with Crippen LogP contribution in [0.3, 0.4) is 0 Å². The molecule has 1 aromatic carbocycles. The number of halogens is 2. The number of hydrogen-bond acceptors (Lipinski definition) is 3. The molecule has 0 atom stereocenters. The topological polar surface area (TPSA) is 59.8 Å². The summed E-state index contributed by atoms with van der Waals surface area (Å²) in [5.41, 5.74) is 1.68. The highest BCUT2D eigenvalue weighted by Gasteiger charge is 2.17. The van der Waals surface area contributed by atoms with Crippen LogP contribution in [0.25, 0.3) is 10.9 Å². The van der Waals surface area contributed by atoms with E-state index < -0.39 is 0 Å². The van der Waals surface area contributed by atoms with E-state index in [1.165, 1.54) is 0 Å². The number of carbonyl (C=O) groups excluding carboxylic acids is 1. The fourth-order valence-electron chi connectivity index (χ4n) is 2.07. The number of para-hydroxylation sites is 1. The van der Waals surface area contributed by atoms with Crippen LogP contribution in [0, 0.1) is 0 Å². The number of nitrogens with zero attached hydrogens (tertiary/aromatic N) is 3. The lowest BCUT2D eigenvalue weighted by Gasteiger charge is -2.05. The van der Waals surface area contributed by atoms with Crippen LogP contribution in [-0.2, 0) is 7.05 Å². The van der Waals surface area contributed by atoms with Gasteiger partial charge in [-0.05, 0) is 28.1 Å². The first-order valence-corrected chi connectivity index (χ1v) is 7.27. The molecule has 0 radical (unpaired) electrons. The Morgan fingerprint density at radius 2 is 2.14 bits per heavy atom. The standard InChI is InChI=1S/C14H10BrClN4O/c1-20-11-5-3-2-4-9(11)12(19-20)14(21)18-10-6-8(15)7-17-13(10)16/h2-7H,1H3,(H,18,21). The maximum atomic E-state index is 12.4. The number of pyridine rings is 1. The van der Waals surface area contributed by atoms with E-state index in [0.717, 1.165) is 15.4 Å². The predicted octanol–water partition coefficient (Wildman–Crippen LogP) is 3.64. The molecule has 0 aliphatic carbocycles. The fraction of sp³-hybridized carbons (Fsp3) is 0.0714. The van der Waals surface area contributed by atoms with E-state index in [9.17, 15) is 4.79 Å². The summed E-state index contributed by atoms with van der Waals surface area (Å²) < 4.78 is 2.40. The van der Waals surface area contributed by atoms with Crippen LogP contribution in [0.15, 0.2) is 41.0 Å². The zero-order valence-corrected chi connectivity index (χ0v) is 13.3. The molecule has 0 saturated heterocycles. The van der Waals surface area contributed by atoms with E-state index in [0.29, 0.717) is 11.4 Å². The average Bonchev–Trinajstić information content (AvgIpc) is 2.81. The Bertz CT molecular complexity index is 846. The van der Waals surface area contributed by atoms with Crippen molar-refractivity contribution in [2.45, 2.75) is 0 Å². The molecule has 0 spiro atoms. The second-order valence-corrected chi connectivity index (χ2v) is 5.71. The molecule has 0 aliphatic rings. The average molecular weight is 366 g/mol. The molecule has 106 valence electrons. The summed E-state index contributed by atoms with van der Waals surface area (Å²) in [6.07, 6.45) is 1.56. The largest absolute Gasteiger partial charge is 0.318 e. The van der Waals surface area contributed by atoms with Gasteiger partial charge in [-0.25, -0.2) is 4.98 Å². The number of carbonyl (C=O) groups is 1. The lowest BCUT2D eigenvalue weighted by molar-refractivity contribution is 0.102. The van der Waals surface area contributed by atoms with Gasteiger partial charge in [-0.3, -0.25) is 9.48 Å². The van der Waals surface area contributed by atoms with Crippen molar-refractivity contribution in [1.29, 1.82) is 0 Å². The van der Waals surface area contributed by atoms with Crippen LogP contribution < -0.4 is 5.32 Å². The summed E-state index contributed by atoms with van der Waals surface area (Å²) in [5, 5.41) is 8.02. The van der Waals surface area contributed by atoms with Gasteiger partial charge in [-0.1, -0.05) is 29.8 Å². The van der Waals surface area contributed by atoms with Crippen LogP contribution in [0.1, 0.15) is 10.5 Å². The normalized spacial score (nSPS) is 10.8. The number of aromatic nitrogens is 3. The quantitative estimate of drug-likeness (QED) is 0.705. The number of hydrogen-bond donors (Lipinski definition) is 1. The Morgan fingerprint density at radius 1 is 1.38 bits per heavy atom. The number of rotatable bonds is 2. The minimum Gasteiger partial charge on any atom is -0.318 e. The van der Waals surface area contributed by atoms with E-state index in [2.05, 4.69) is 31.3 Å². The van der Waals surface area contributed by atoms with Crippen molar-refractivity contribution in [2.24, 2.45) is 7.05 Å². The molecule has 1 amide bonds. The highest BCUT2D eigenvalue weighted by Crippen LogP contribution is 2.24. The number of aryl methyl sites for hydroxylation is 1. The summed E-state index contributed by atoms with van der Waals surface area (Å²) in [6.45, 7) is 0. The van der Waals surface area contributed by atoms with Gasteiger partial charge in [0.25, 0.3) is 5.91 Å². The summed E-state index contributed by atoms with van der Waals surface area (Å²) in [4.78, 5) is 16.4. The third-order valence-corrected chi connectivity index (χ3v) is 3.76. The molecule has 3 rings (SSSR count). The number of benzene rings is 1. The molecule has 3 aromatic rings. The first-order chi connectivity index (χ1) is 10.1. The van der Waals surface area contributed by atoms with Crippen molar-refractivity contribution in [1.82, 2.24) is 14.8 Å². The summed E-state index contributed by atoms with van der Waals surface area (Å²) in [5.74, 6) is -0.325. The molecule has 1 N–H and O–H groups in total. The predicted molar refractivity (Wildman–Crippen MR) is 85.6 cm³/mol. The minimum atomic E-state index is -0.325. The van der Waals surface area contributed by atoms with E-state index in [-0.39, 0.29) is 11.1 Å². The van der Waals surface area contributed by atoms with Crippen molar-refractivity contribution < 1.29 is 4.79 Å². The Balaban J connectivity index is 2.00. The highest BCUT2D eigenvalue weighted by atomic mass is 79.9. The van der Waals surface area contributed by atoms with Gasteiger partial charge in [-0.15, -0.1) is 0 Å². The van der Waals surface area contributed by atoms with Gasteiger partial charge in [-0.2, -0.15) is 5.10 Å². The van der Waals surface area contributed by atoms with Gasteiger partial charge in [0.05, 0.1) is 11.2 Å². The minimum absolute atomic E-state index is 0.229. The SMILES string of the molecule is Cn1nc(C(=O)Nc2cc(Br)cnc2Cl)c2ccccc21. The molecular weight excluding hydrogens is 356 g/mol. The molecule has 0 aliphatic heterocycles.